The molecular formula is C40H48F4N4O5. The molecule has 2 amide bonds. The Kier molecular flexibility index (Phi) is 10.5. The van der Waals surface area contributed by atoms with Crippen molar-refractivity contribution in [3.05, 3.63) is 88.5 Å². The normalized spacial score (nSPS) is 19.2. The number of nitrogens with zero attached hydrogens (tertiary/aromatic N) is 4. The SMILES string of the molecule is CC(C)(C)OC(=O)c1c(COC[C@@H]2CN(C(=O)c3cnn(Cc4ccc(F)cc4)c3)CC23CN(C(=O)C(C)(C)C(F)(F)F)C3)cccc1C1CCCC1. The number of ether oxygens (including phenoxy) is 2. The summed E-state index contributed by atoms with van der Waals surface area (Å²) in [6.07, 6.45) is 2.50. The number of halogens is 4. The predicted molar refractivity (Wildman–Crippen MR) is 188 cm³/mol. The highest BCUT2D eigenvalue weighted by Crippen LogP contribution is 2.48. The molecule has 1 aliphatic carbocycles. The van der Waals surface area contributed by atoms with Crippen LogP contribution >= 0.6 is 0 Å². The summed E-state index contributed by atoms with van der Waals surface area (Å²) in [5, 5.41) is 4.32. The summed E-state index contributed by atoms with van der Waals surface area (Å²) >= 11 is 0. The van der Waals surface area contributed by atoms with Gasteiger partial charge in [0.25, 0.3) is 5.91 Å². The van der Waals surface area contributed by atoms with Gasteiger partial charge < -0.3 is 19.3 Å². The zero-order chi connectivity index (χ0) is 38.3. The van der Waals surface area contributed by atoms with Crippen LogP contribution in [0.5, 0.6) is 0 Å². The van der Waals surface area contributed by atoms with Gasteiger partial charge in [0, 0.05) is 43.7 Å². The minimum atomic E-state index is -4.72. The molecule has 0 bridgehead atoms. The van der Waals surface area contributed by atoms with E-state index in [0.717, 1.165) is 50.7 Å². The number of likely N-dealkylation sites (tertiary alicyclic amines) is 2. The highest BCUT2D eigenvalue weighted by atomic mass is 19.4. The van der Waals surface area contributed by atoms with Gasteiger partial charge in [-0.1, -0.05) is 43.2 Å². The molecule has 3 aliphatic rings. The maximum absolute atomic E-state index is 13.8. The standard InChI is InChI=1S/C40H48F4N4O5/c1-37(2,3)53-35(50)33-28(11-8-12-32(33)27-9-6-7-10-27)21-52-22-30-20-46(23-39(30)24-47(25-39)36(51)38(4,5)40(42,43)44)34(49)29-17-45-48(19-29)18-26-13-15-31(41)16-14-26/h8,11-17,19,27,30H,6-7,9-10,18,20-25H2,1-5H3/t30-/m0/s1. The summed E-state index contributed by atoms with van der Waals surface area (Å²) in [7, 11) is 0. The second kappa shape index (κ2) is 14.5. The summed E-state index contributed by atoms with van der Waals surface area (Å²) in [6.45, 7) is 8.39. The van der Waals surface area contributed by atoms with Gasteiger partial charge in [-0.05, 0) is 82.2 Å². The summed E-state index contributed by atoms with van der Waals surface area (Å²) in [4.78, 5) is 43.4. The number of hydrogen-bond acceptors (Lipinski definition) is 6. The molecule has 9 nitrogen and oxygen atoms in total. The first-order valence-corrected chi connectivity index (χ1v) is 18.2. The van der Waals surface area contributed by atoms with E-state index in [1.807, 2.05) is 39.0 Å². The fourth-order valence-corrected chi connectivity index (χ4v) is 7.88. The molecule has 0 radical (unpaired) electrons. The molecule has 3 fully saturated rings. The Morgan fingerprint density at radius 2 is 1.58 bits per heavy atom. The van der Waals surface area contributed by atoms with Gasteiger partial charge in [-0.2, -0.15) is 18.3 Å². The lowest BCUT2D eigenvalue weighted by molar-refractivity contribution is -0.223. The van der Waals surface area contributed by atoms with Crippen LogP contribution < -0.4 is 0 Å². The zero-order valence-corrected chi connectivity index (χ0v) is 31.0. The van der Waals surface area contributed by atoms with Crippen LogP contribution in [0, 0.1) is 22.6 Å². The molecule has 3 heterocycles. The molecule has 2 aromatic carbocycles. The summed E-state index contributed by atoms with van der Waals surface area (Å²) < 4.78 is 68.6. The molecule has 2 aliphatic heterocycles. The lowest BCUT2D eigenvalue weighted by Crippen LogP contribution is -2.66. The van der Waals surface area contributed by atoms with Crippen LogP contribution in [0.4, 0.5) is 17.6 Å². The van der Waals surface area contributed by atoms with Crippen molar-refractivity contribution in [2.24, 2.45) is 16.7 Å². The van der Waals surface area contributed by atoms with Gasteiger partial charge in [-0.25, -0.2) is 9.18 Å². The first-order valence-electron chi connectivity index (χ1n) is 18.2. The van der Waals surface area contributed by atoms with Crippen LogP contribution in [0.3, 0.4) is 0 Å². The molecule has 2 saturated heterocycles. The molecule has 286 valence electrons. The van der Waals surface area contributed by atoms with E-state index in [2.05, 4.69) is 5.10 Å². The van der Waals surface area contributed by atoms with E-state index in [4.69, 9.17) is 9.47 Å². The summed E-state index contributed by atoms with van der Waals surface area (Å²) in [5.41, 5.74) is -0.653. The molecule has 1 atom stereocenters. The number of hydrogen-bond donors (Lipinski definition) is 0. The monoisotopic (exact) mass is 740 g/mol. The van der Waals surface area contributed by atoms with Crippen LogP contribution in [0.1, 0.15) is 104 Å². The van der Waals surface area contributed by atoms with Crippen molar-refractivity contribution in [2.45, 2.75) is 91.1 Å². The number of carbonyl (C=O) groups excluding carboxylic acids is 3. The van der Waals surface area contributed by atoms with E-state index in [1.165, 1.54) is 23.2 Å². The number of rotatable bonds is 10. The highest BCUT2D eigenvalue weighted by Gasteiger charge is 2.61. The number of amides is 2. The van der Waals surface area contributed by atoms with Crippen molar-refractivity contribution < 1.29 is 41.4 Å². The summed E-state index contributed by atoms with van der Waals surface area (Å²) in [6, 6.07) is 11.7. The fourth-order valence-electron chi connectivity index (χ4n) is 7.88. The number of esters is 1. The molecule has 13 heteroatoms. The highest BCUT2D eigenvalue weighted by molar-refractivity contribution is 5.94. The van der Waals surface area contributed by atoms with Crippen LogP contribution in [0.15, 0.2) is 54.9 Å². The number of aromatic nitrogens is 2. The minimum absolute atomic E-state index is 0.0489. The third-order valence-electron chi connectivity index (χ3n) is 10.9. The lowest BCUT2D eigenvalue weighted by Gasteiger charge is -2.52. The molecule has 0 N–H and O–H groups in total. The van der Waals surface area contributed by atoms with Gasteiger partial charge in [0.15, 0.2) is 0 Å². The van der Waals surface area contributed by atoms with Crippen LogP contribution in [0.2, 0.25) is 0 Å². The van der Waals surface area contributed by atoms with E-state index in [9.17, 15) is 31.9 Å². The second-order valence-corrected chi connectivity index (χ2v) is 16.5. The predicted octanol–water partition coefficient (Wildman–Crippen LogP) is 7.39. The molecule has 1 spiro atoms. The van der Waals surface area contributed by atoms with E-state index in [0.29, 0.717) is 23.2 Å². The first-order chi connectivity index (χ1) is 24.9. The van der Waals surface area contributed by atoms with Crippen LogP contribution in [-0.4, -0.2) is 81.9 Å². The Bertz CT molecular complexity index is 1820. The van der Waals surface area contributed by atoms with Gasteiger partial charge in [-0.15, -0.1) is 0 Å². The maximum Gasteiger partial charge on any atom is 0.402 e. The van der Waals surface area contributed by atoms with Crippen LogP contribution in [-0.2, 0) is 27.4 Å². The van der Waals surface area contributed by atoms with Crippen molar-refractivity contribution >= 4 is 17.8 Å². The van der Waals surface area contributed by atoms with Crippen LogP contribution in [0.25, 0.3) is 0 Å². The largest absolute Gasteiger partial charge is 0.456 e. The number of carbonyl (C=O) groups is 3. The van der Waals surface area contributed by atoms with Gasteiger partial charge in [-0.3, -0.25) is 14.3 Å². The lowest BCUT2D eigenvalue weighted by atomic mass is 9.70. The van der Waals surface area contributed by atoms with Gasteiger partial charge in [0.1, 0.15) is 16.8 Å². The van der Waals surface area contributed by atoms with Crippen molar-refractivity contribution in [3.63, 3.8) is 0 Å². The Labute approximate surface area is 307 Å². The minimum Gasteiger partial charge on any atom is -0.456 e. The molecule has 0 unspecified atom stereocenters. The average Bonchev–Trinajstić information content (AvgIpc) is 3.84. The Balaban J connectivity index is 1.20. The van der Waals surface area contributed by atoms with Gasteiger partial charge in [0.05, 0.1) is 37.1 Å². The summed E-state index contributed by atoms with van der Waals surface area (Å²) in [5.74, 6) is -2.13. The van der Waals surface area contributed by atoms with E-state index >= 15 is 0 Å². The smallest absolute Gasteiger partial charge is 0.402 e. The second-order valence-electron chi connectivity index (χ2n) is 16.5. The Hall–Kier alpha value is -4.26. The Morgan fingerprint density at radius 3 is 2.23 bits per heavy atom. The van der Waals surface area contributed by atoms with Crippen molar-refractivity contribution in [1.82, 2.24) is 19.6 Å². The van der Waals surface area contributed by atoms with E-state index in [1.54, 1.807) is 27.9 Å². The van der Waals surface area contributed by atoms with Gasteiger partial charge >= 0.3 is 12.1 Å². The average molecular weight is 741 g/mol. The van der Waals surface area contributed by atoms with E-state index in [-0.39, 0.29) is 63.0 Å². The first kappa shape index (κ1) is 38.5. The quantitative estimate of drug-likeness (QED) is 0.159. The van der Waals surface area contributed by atoms with Gasteiger partial charge in [0.2, 0.25) is 5.91 Å². The van der Waals surface area contributed by atoms with Crippen molar-refractivity contribution in [1.29, 1.82) is 0 Å². The number of benzene rings is 2. The third-order valence-corrected chi connectivity index (χ3v) is 10.9. The maximum atomic E-state index is 13.8. The zero-order valence-electron chi connectivity index (χ0n) is 31.0. The third kappa shape index (κ3) is 8.14. The topological polar surface area (TPSA) is 94.0 Å². The van der Waals surface area contributed by atoms with E-state index < -0.39 is 34.5 Å². The number of alkyl halides is 3. The fraction of sp³-hybridized carbons (Fsp3) is 0.550. The molecule has 1 saturated carbocycles. The van der Waals surface area contributed by atoms with Crippen molar-refractivity contribution in [3.8, 4) is 0 Å². The van der Waals surface area contributed by atoms with Crippen molar-refractivity contribution in [2.75, 3.05) is 32.8 Å². The molecule has 1 aromatic heterocycles. The molecular weight excluding hydrogens is 692 g/mol. The Morgan fingerprint density at radius 1 is 0.925 bits per heavy atom. The molecule has 3 aromatic rings. The molecule has 6 rings (SSSR count). The molecule has 53 heavy (non-hydrogen) atoms.